The summed E-state index contributed by atoms with van der Waals surface area (Å²) in [5, 5.41) is 3.27. The van der Waals surface area contributed by atoms with Gasteiger partial charge in [0.25, 0.3) is 0 Å². The third-order valence-electron chi connectivity index (χ3n) is 4.98. The normalized spacial score (nSPS) is 12.0. The molecule has 0 fully saturated rings. The van der Waals surface area contributed by atoms with Crippen molar-refractivity contribution in [3.63, 3.8) is 0 Å². The number of hydrogen-bond donors (Lipinski definition) is 1. The Morgan fingerprint density at radius 2 is 2.00 bits per heavy atom. The first-order valence-corrected chi connectivity index (χ1v) is 11.2. The molecule has 0 aliphatic heterocycles. The molecule has 0 atom stereocenters. The fraction of sp³-hybridized carbons (Fsp3) is 0.333. The molecule has 0 saturated heterocycles. The number of halogens is 1. The Kier molecular flexibility index (Phi) is 8.23. The average Bonchev–Trinajstić information content (AvgIpc) is 3.20. The highest BCUT2D eigenvalue weighted by Crippen LogP contribution is 2.26. The Hall–Kier alpha value is -3.45. The largest absolute Gasteiger partial charge is 0.495 e. The van der Waals surface area contributed by atoms with Crippen LogP contribution in [-0.2, 0) is 16.1 Å². The van der Waals surface area contributed by atoms with E-state index in [-0.39, 0.29) is 11.8 Å². The second-order valence-corrected chi connectivity index (χ2v) is 9.08. The molecule has 180 valence electrons. The number of nitrogens with zero attached hydrogens (tertiary/aromatic N) is 2. The molecule has 34 heavy (non-hydrogen) atoms. The van der Waals surface area contributed by atoms with Crippen molar-refractivity contribution in [1.29, 1.82) is 0 Å². The second-order valence-electron chi connectivity index (χ2n) is 9.08. The summed E-state index contributed by atoms with van der Waals surface area (Å²) in [4.78, 5) is 17.2. The lowest BCUT2D eigenvalue weighted by atomic mass is 10.1. The molecule has 2 aromatic carbocycles. The molecule has 1 aromatic heterocycles. The van der Waals surface area contributed by atoms with E-state index < -0.39 is 5.60 Å². The predicted molar refractivity (Wildman–Crippen MR) is 131 cm³/mol. The van der Waals surface area contributed by atoms with Gasteiger partial charge in [0.15, 0.2) is 0 Å². The maximum atomic E-state index is 13.4. The molecule has 6 nitrogen and oxygen atoms in total. The maximum Gasteiger partial charge on any atom is 0.334 e. The van der Waals surface area contributed by atoms with Gasteiger partial charge in [-0.25, -0.2) is 14.2 Å². The first-order chi connectivity index (χ1) is 16.1. The van der Waals surface area contributed by atoms with Crippen LogP contribution >= 0.6 is 0 Å². The van der Waals surface area contributed by atoms with Crippen molar-refractivity contribution >= 4 is 12.0 Å². The number of ether oxygens (including phenoxy) is 2. The Balaban J connectivity index is 1.79. The lowest BCUT2D eigenvalue weighted by Gasteiger charge is -2.21. The molecule has 1 heterocycles. The summed E-state index contributed by atoms with van der Waals surface area (Å²) in [5.74, 6) is 0.0316. The molecular weight excluding hydrogens is 433 g/mol. The van der Waals surface area contributed by atoms with Gasteiger partial charge in [0.2, 0.25) is 0 Å². The second kappa shape index (κ2) is 11.1. The number of methoxy groups -OCH3 is 1. The highest BCUT2D eigenvalue weighted by atomic mass is 19.1. The van der Waals surface area contributed by atoms with Gasteiger partial charge in [0.1, 0.15) is 17.2 Å². The molecule has 0 spiro atoms. The highest BCUT2D eigenvalue weighted by molar-refractivity contribution is 5.94. The summed E-state index contributed by atoms with van der Waals surface area (Å²) >= 11 is 0. The lowest BCUT2D eigenvalue weighted by Crippen LogP contribution is -2.26. The van der Waals surface area contributed by atoms with Crippen LogP contribution in [0.4, 0.5) is 4.39 Å². The van der Waals surface area contributed by atoms with Gasteiger partial charge in [0, 0.05) is 18.3 Å². The van der Waals surface area contributed by atoms with Crippen LogP contribution in [-0.4, -0.2) is 34.8 Å². The van der Waals surface area contributed by atoms with Crippen molar-refractivity contribution in [3.8, 4) is 11.4 Å². The van der Waals surface area contributed by atoms with Crippen LogP contribution in [0, 0.1) is 12.7 Å². The SMILES string of the molecule is COc1cc(/C=C(\CCNCc2cccc(F)c2)C(=O)OC(C)(C)C)ccc1-n1cnc(C)c1. The van der Waals surface area contributed by atoms with E-state index in [0.29, 0.717) is 30.8 Å². The van der Waals surface area contributed by atoms with E-state index in [1.165, 1.54) is 12.1 Å². The fourth-order valence-corrected chi connectivity index (χ4v) is 3.43. The fourth-order valence-electron chi connectivity index (χ4n) is 3.43. The van der Waals surface area contributed by atoms with Crippen molar-refractivity contribution < 1.29 is 18.7 Å². The molecule has 3 aromatic rings. The van der Waals surface area contributed by atoms with Crippen molar-refractivity contribution in [2.24, 2.45) is 0 Å². The molecule has 0 bridgehead atoms. The van der Waals surface area contributed by atoms with Gasteiger partial charge in [0.05, 0.1) is 24.8 Å². The molecule has 0 amide bonds. The average molecular weight is 466 g/mol. The van der Waals surface area contributed by atoms with Gasteiger partial charge in [-0.3, -0.25) is 0 Å². The van der Waals surface area contributed by atoms with Gasteiger partial charge in [-0.05, 0) is 82.1 Å². The third kappa shape index (κ3) is 7.28. The third-order valence-corrected chi connectivity index (χ3v) is 4.98. The van der Waals surface area contributed by atoms with Crippen LogP contribution in [0.1, 0.15) is 44.0 Å². The van der Waals surface area contributed by atoms with E-state index >= 15 is 0 Å². The van der Waals surface area contributed by atoms with Gasteiger partial charge in [-0.1, -0.05) is 18.2 Å². The van der Waals surface area contributed by atoms with Crippen molar-refractivity contribution in [3.05, 3.63) is 83.2 Å². The molecule has 0 aliphatic rings. The van der Waals surface area contributed by atoms with Crippen LogP contribution in [0.5, 0.6) is 5.75 Å². The minimum atomic E-state index is -0.605. The number of imidazole rings is 1. The summed E-state index contributed by atoms with van der Waals surface area (Å²) in [6.07, 6.45) is 5.93. The molecule has 7 heteroatoms. The molecule has 3 rings (SSSR count). The topological polar surface area (TPSA) is 65.4 Å². The zero-order chi connectivity index (χ0) is 24.7. The van der Waals surface area contributed by atoms with Crippen LogP contribution in [0.25, 0.3) is 11.8 Å². The number of rotatable bonds is 9. The first-order valence-electron chi connectivity index (χ1n) is 11.2. The number of esters is 1. The quantitative estimate of drug-likeness (QED) is 0.266. The van der Waals surface area contributed by atoms with E-state index in [4.69, 9.17) is 9.47 Å². The van der Waals surface area contributed by atoms with Gasteiger partial charge < -0.3 is 19.4 Å². The standard InChI is InChI=1S/C27H32FN3O3/c1-19-17-31(18-30-19)24-10-9-20(15-25(24)33-5)13-22(26(32)34-27(2,3)4)11-12-29-16-21-7-6-8-23(28)14-21/h6-10,13-15,17-18,29H,11-12,16H2,1-5H3/b22-13+. The van der Waals surface area contributed by atoms with E-state index in [0.717, 1.165) is 22.5 Å². The van der Waals surface area contributed by atoms with Crippen molar-refractivity contribution in [2.45, 2.75) is 46.3 Å². The number of aryl methyl sites for hydroxylation is 1. The van der Waals surface area contributed by atoms with Crippen LogP contribution in [0.15, 0.2) is 60.6 Å². The van der Waals surface area contributed by atoms with Crippen LogP contribution in [0.3, 0.4) is 0 Å². The number of nitrogens with one attached hydrogen (secondary N) is 1. The Morgan fingerprint density at radius 3 is 2.65 bits per heavy atom. The van der Waals surface area contributed by atoms with Crippen molar-refractivity contribution in [1.82, 2.24) is 14.9 Å². The van der Waals surface area contributed by atoms with E-state index in [1.54, 1.807) is 19.5 Å². The molecule has 0 saturated carbocycles. The van der Waals surface area contributed by atoms with Gasteiger partial charge in [-0.2, -0.15) is 0 Å². The highest BCUT2D eigenvalue weighted by Gasteiger charge is 2.20. The Morgan fingerprint density at radius 1 is 1.21 bits per heavy atom. The number of carbonyl (C=O) groups is 1. The number of aromatic nitrogens is 2. The zero-order valence-corrected chi connectivity index (χ0v) is 20.4. The summed E-state index contributed by atoms with van der Waals surface area (Å²) in [6.45, 7) is 8.49. The zero-order valence-electron chi connectivity index (χ0n) is 20.4. The lowest BCUT2D eigenvalue weighted by molar-refractivity contribution is -0.149. The van der Waals surface area contributed by atoms with E-state index in [9.17, 15) is 9.18 Å². The monoisotopic (exact) mass is 465 g/mol. The number of hydrogen-bond acceptors (Lipinski definition) is 5. The van der Waals surface area contributed by atoms with Crippen LogP contribution < -0.4 is 10.1 Å². The van der Waals surface area contributed by atoms with Crippen molar-refractivity contribution in [2.75, 3.05) is 13.7 Å². The summed E-state index contributed by atoms with van der Waals surface area (Å²) < 4.78 is 26.5. The minimum Gasteiger partial charge on any atom is -0.495 e. The molecule has 0 aliphatic carbocycles. The first kappa shape index (κ1) is 25.2. The Labute approximate surface area is 200 Å². The number of carbonyl (C=O) groups excluding carboxylic acids is 1. The molecule has 0 radical (unpaired) electrons. The minimum absolute atomic E-state index is 0.267. The summed E-state index contributed by atoms with van der Waals surface area (Å²) in [7, 11) is 1.61. The van der Waals surface area contributed by atoms with Crippen LogP contribution in [0.2, 0.25) is 0 Å². The number of benzene rings is 2. The smallest absolute Gasteiger partial charge is 0.334 e. The molecule has 0 unspecified atom stereocenters. The molecular formula is C27H32FN3O3. The molecule has 1 N–H and O–H groups in total. The van der Waals surface area contributed by atoms with Gasteiger partial charge in [-0.15, -0.1) is 0 Å². The summed E-state index contributed by atoms with van der Waals surface area (Å²) in [6, 6.07) is 12.2. The van der Waals surface area contributed by atoms with E-state index in [1.807, 2.05) is 68.8 Å². The maximum absolute atomic E-state index is 13.4. The predicted octanol–water partition coefficient (Wildman–Crippen LogP) is 5.23. The Bertz CT molecular complexity index is 1160. The van der Waals surface area contributed by atoms with Gasteiger partial charge >= 0.3 is 5.97 Å². The summed E-state index contributed by atoms with van der Waals surface area (Å²) in [5.41, 5.74) is 3.36. The van der Waals surface area contributed by atoms with E-state index in [2.05, 4.69) is 10.3 Å².